The Hall–Kier alpha value is -3.23. The van der Waals surface area contributed by atoms with Crippen LogP contribution in [0, 0.1) is 11.3 Å². The smallest absolute Gasteiger partial charge is 0.146 e. The van der Waals surface area contributed by atoms with Gasteiger partial charge >= 0.3 is 0 Å². The van der Waals surface area contributed by atoms with Crippen molar-refractivity contribution in [2.75, 3.05) is 13.1 Å². The molecule has 0 saturated carbocycles. The van der Waals surface area contributed by atoms with Crippen molar-refractivity contribution >= 4 is 41.2 Å². The van der Waals surface area contributed by atoms with Crippen LogP contribution in [0.25, 0.3) is 10.1 Å². The van der Waals surface area contributed by atoms with E-state index < -0.39 is 0 Å². The van der Waals surface area contributed by atoms with Crippen molar-refractivity contribution in [1.82, 2.24) is 20.5 Å². The number of likely N-dealkylation sites (tertiary alicyclic amines) is 1. The van der Waals surface area contributed by atoms with E-state index in [1.54, 1.807) is 6.20 Å². The number of allylic oxidation sites excluding steroid dienone is 2. The van der Waals surface area contributed by atoms with Gasteiger partial charge in [-0.3, -0.25) is 9.88 Å². The maximum atomic E-state index is 7.72. The van der Waals surface area contributed by atoms with Gasteiger partial charge in [0, 0.05) is 54.9 Å². The zero-order chi connectivity index (χ0) is 23.3. The van der Waals surface area contributed by atoms with Gasteiger partial charge in [-0.25, -0.2) is 4.99 Å². The van der Waals surface area contributed by atoms with Gasteiger partial charge in [-0.15, -0.1) is 11.3 Å². The van der Waals surface area contributed by atoms with E-state index in [2.05, 4.69) is 62.3 Å². The van der Waals surface area contributed by atoms with Crippen LogP contribution in [-0.4, -0.2) is 42.7 Å². The molecule has 3 N–H and O–H groups in total. The first-order valence-corrected chi connectivity index (χ1v) is 12.7. The number of aliphatic imine (C=N–C) groups is 1. The molecule has 2 aliphatic heterocycles. The quantitative estimate of drug-likeness (QED) is 0.366. The topological polar surface area (TPSA) is 76.4 Å². The Morgan fingerprint density at radius 3 is 3.06 bits per heavy atom. The SMILES string of the molecule is B/C(C=N)=C1\N=C(C2CCCN(Cc3csc4ccccc34)C2)C=C(NCc2cccnc2)N1. The predicted molar refractivity (Wildman–Crippen MR) is 144 cm³/mol. The summed E-state index contributed by atoms with van der Waals surface area (Å²) in [6, 6.07) is 12.7. The number of thiophene rings is 1. The highest BCUT2D eigenvalue weighted by atomic mass is 32.1. The molecule has 0 radical (unpaired) electrons. The van der Waals surface area contributed by atoms with E-state index in [9.17, 15) is 0 Å². The minimum atomic E-state index is 0.365. The zero-order valence-corrected chi connectivity index (χ0v) is 20.2. The Morgan fingerprint density at radius 1 is 1.29 bits per heavy atom. The highest BCUT2D eigenvalue weighted by molar-refractivity contribution is 7.17. The number of rotatable bonds is 7. The molecule has 1 saturated heterocycles. The lowest BCUT2D eigenvalue weighted by atomic mass is 9.91. The zero-order valence-electron chi connectivity index (χ0n) is 19.4. The summed E-state index contributed by atoms with van der Waals surface area (Å²) in [5.41, 5.74) is 4.45. The second kappa shape index (κ2) is 10.4. The third-order valence-corrected chi connectivity index (χ3v) is 7.47. The maximum absolute atomic E-state index is 7.72. The molecule has 4 heterocycles. The maximum Gasteiger partial charge on any atom is 0.146 e. The number of hydrogen-bond donors (Lipinski definition) is 3. The predicted octanol–water partition coefficient (Wildman–Crippen LogP) is 3.64. The van der Waals surface area contributed by atoms with E-state index in [0.29, 0.717) is 12.5 Å². The van der Waals surface area contributed by atoms with Crippen molar-refractivity contribution in [1.29, 1.82) is 5.41 Å². The minimum Gasteiger partial charge on any atom is -0.367 e. The van der Waals surface area contributed by atoms with Crippen LogP contribution in [0.5, 0.6) is 0 Å². The van der Waals surface area contributed by atoms with Crippen molar-refractivity contribution in [3.8, 4) is 0 Å². The molecule has 1 fully saturated rings. The van der Waals surface area contributed by atoms with Gasteiger partial charge in [-0.05, 0) is 58.9 Å². The Bertz CT molecular complexity index is 1260. The van der Waals surface area contributed by atoms with Crippen molar-refractivity contribution in [3.05, 3.63) is 88.5 Å². The van der Waals surface area contributed by atoms with Crippen LogP contribution in [0.1, 0.15) is 24.0 Å². The highest BCUT2D eigenvalue weighted by Gasteiger charge is 2.26. The highest BCUT2D eigenvalue weighted by Crippen LogP contribution is 2.29. The van der Waals surface area contributed by atoms with Crippen LogP contribution in [-0.2, 0) is 13.1 Å². The lowest BCUT2D eigenvalue weighted by molar-refractivity contribution is 0.197. The summed E-state index contributed by atoms with van der Waals surface area (Å²) in [5, 5.41) is 18.3. The van der Waals surface area contributed by atoms with Gasteiger partial charge in [0.05, 0.1) is 5.71 Å². The molecular weight excluding hydrogens is 439 g/mol. The summed E-state index contributed by atoms with van der Waals surface area (Å²) >= 11 is 1.83. The fourth-order valence-electron chi connectivity index (χ4n) is 4.60. The average molecular weight is 468 g/mol. The van der Waals surface area contributed by atoms with E-state index in [4.69, 9.17) is 10.4 Å². The largest absolute Gasteiger partial charge is 0.367 e. The van der Waals surface area contributed by atoms with Gasteiger partial charge in [-0.2, -0.15) is 0 Å². The molecule has 172 valence electrons. The molecule has 0 aliphatic carbocycles. The van der Waals surface area contributed by atoms with Crippen LogP contribution in [0.2, 0.25) is 0 Å². The molecule has 0 spiro atoms. The van der Waals surface area contributed by atoms with Gasteiger partial charge in [0.25, 0.3) is 0 Å². The second-order valence-electron chi connectivity index (χ2n) is 8.94. The fraction of sp³-hybridized carbons (Fsp3) is 0.269. The number of fused-ring (bicyclic) bond motifs is 1. The minimum absolute atomic E-state index is 0.365. The van der Waals surface area contributed by atoms with Crippen LogP contribution in [0.4, 0.5) is 0 Å². The molecule has 2 aliphatic rings. The monoisotopic (exact) mass is 468 g/mol. The molecule has 3 aromatic rings. The lowest BCUT2D eigenvalue weighted by Gasteiger charge is -2.34. The van der Waals surface area contributed by atoms with Crippen LogP contribution in [0.15, 0.2) is 82.4 Å². The number of pyridine rings is 1. The lowest BCUT2D eigenvalue weighted by Crippen LogP contribution is -2.40. The van der Waals surface area contributed by atoms with Gasteiger partial charge < -0.3 is 16.0 Å². The summed E-state index contributed by atoms with van der Waals surface area (Å²) in [6.07, 6.45) is 9.46. The average Bonchev–Trinajstić information content (AvgIpc) is 3.30. The van der Waals surface area contributed by atoms with E-state index in [1.807, 2.05) is 31.4 Å². The van der Waals surface area contributed by atoms with Crippen LogP contribution in [0.3, 0.4) is 0 Å². The van der Waals surface area contributed by atoms with E-state index >= 15 is 0 Å². The Kier molecular flexibility index (Phi) is 6.88. The molecule has 1 aromatic carbocycles. The van der Waals surface area contributed by atoms with Crippen molar-refractivity contribution in [3.63, 3.8) is 0 Å². The molecule has 6 nitrogen and oxygen atoms in total. The number of nitrogens with zero attached hydrogens (tertiary/aromatic N) is 3. The number of benzene rings is 1. The standard InChI is InChI=1S/C26H29BN6S/c27-22(12-28)26-31-23(11-25(32-26)30-14-18-5-3-9-29-13-18)19-6-4-10-33(15-19)16-20-17-34-24-8-2-1-7-21(20)24/h1-3,5,7-9,11-13,17,19,28,30,32H,4,6,10,14-16,27H2/b26-22+,28-12?. The first-order chi connectivity index (χ1) is 16.7. The first-order valence-electron chi connectivity index (χ1n) is 11.8. The molecule has 2 aromatic heterocycles. The van der Waals surface area contributed by atoms with Crippen LogP contribution < -0.4 is 10.6 Å². The van der Waals surface area contributed by atoms with Gasteiger partial charge in [0.1, 0.15) is 19.5 Å². The Balaban J connectivity index is 1.33. The summed E-state index contributed by atoms with van der Waals surface area (Å²) in [4.78, 5) is 11.7. The van der Waals surface area contributed by atoms with Crippen molar-refractivity contribution in [2.24, 2.45) is 10.9 Å². The summed E-state index contributed by atoms with van der Waals surface area (Å²) in [6.45, 7) is 3.76. The number of hydrogen-bond acceptors (Lipinski definition) is 7. The third kappa shape index (κ3) is 5.13. The van der Waals surface area contributed by atoms with Crippen LogP contribution >= 0.6 is 11.3 Å². The second-order valence-corrected chi connectivity index (χ2v) is 9.85. The van der Waals surface area contributed by atoms with E-state index in [-0.39, 0.29) is 0 Å². The van der Waals surface area contributed by atoms with E-state index in [1.165, 1.54) is 21.9 Å². The molecule has 1 atom stereocenters. The molecule has 34 heavy (non-hydrogen) atoms. The van der Waals surface area contributed by atoms with Gasteiger partial charge in [0.15, 0.2) is 0 Å². The van der Waals surface area contributed by atoms with Gasteiger partial charge in [-0.1, -0.05) is 24.3 Å². The van der Waals surface area contributed by atoms with Gasteiger partial charge in [0.2, 0.25) is 0 Å². The van der Waals surface area contributed by atoms with Crippen molar-refractivity contribution < 1.29 is 0 Å². The molecule has 1 unspecified atom stereocenters. The normalized spacial score (nSPS) is 20.3. The van der Waals surface area contributed by atoms with Crippen molar-refractivity contribution in [2.45, 2.75) is 25.9 Å². The Morgan fingerprint density at radius 2 is 2.21 bits per heavy atom. The molecule has 0 bridgehead atoms. The molecule has 5 rings (SSSR count). The summed E-state index contributed by atoms with van der Waals surface area (Å²) in [7, 11) is 1.93. The van der Waals surface area contributed by atoms with E-state index in [0.717, 1.165) is 60.9 Å². The Labute approximate surface area is 205 Å². The number of piperidine rings is 1. The number of nitrogens with one attached hydrogen (secondary N) is 3. The fourth-order valence-corrected chi connectivity index (χ4v) is 5.55. The molecule has 8 heteroatoms. The summed E-state index contributed by atoms with van der Waals surface area (Å²) < 4.78 is 1.36. The summed E-state index contributed by atoms with van der Waals surface area (Å²) in [5.74, 6) is 2.04. The molecule has 0 amide bonds. The molecular formula is C26H29BN6S. The third-order valence-electron chi connectivity index (χ3n) is 6.46. The first kappa shape index (κ1) is 22.6. The number of aromatic nitrogens is 1.